The Morgan fingerprint density at radius 1 is 1.10 bits per heavy atom. The average Bonchev–Trinajstić information content (AvgIpc) is 2.99. The largest absolute Gasteiger partial charge is 0.493 e. The molecule has 0 unspecified atom stereocenters. The van der Waals surface area contributed by atoms with Crippen molar-refractivity contribution in [2.45, 2.75) is 26.4 Å². The molecule has 7 heteroatoms. The summed E-state index contributed by atoms with van der Waals surface area (Å²) in [5.41, 5.74) is 1.75. The summed E-state index contributed by atoms with van der Waals surface area (Å²) in [4.78, 5) is 26.3. The third-order valence-electron chi connectivity index (χ3n) is 4.40. The van der Waals surface area contributed by atoms with Crippen molar-refractivity contribution in [1.82, 2.24) is 4.90 Å². The van der Waals surface area contributed by atoms with Crippen LogP contribution in [0.25, 0.3) is 6.08 Å². The Morgan fingerprint density at radius 2 is 1.86 bits per heavy atom. The van der Waals surface area contributed by atoms with E-state index >= 15 is 0 Å². The average molecular weight is 432 g/mol. The third kappa shape index (κ3) is 5.34. The van der Waals surface area contributed by atoms with Gasteiger partial charge in [-0.05, 0) is 59.7 Å². The van der Waals surface area contributed by atoms with Gasteiger partial charge in [0.25, 0.3) is 11.1 Å². The van der Waals surface area contributed by atoms with Crippen LogP contribution in [0.4, 0.5) is 4.79 Å². The second-order valence-electron chi connectivity index (χ2n) is 6.51. The lowest BCUT2D eigenvalue weighted by Crippen LogP contribution is -2.29. The maximum absolute atomic E-state index is 12.5. The van der Waals surface area contributed by atoms with Gasteiger partial charge in [0.15, 0.2) is 11.5 Å². The number of halogens is 1. The van der Waals surface area contributed by atoms with Gasteiger partial charge in [0.05, 0.1) is 12.0 Å². The number of unbranched alkanes of at least 4 members (excludes halogenated alkanes) is 1. The molecule has 1 aliphatic heterocycles. The Labute approximate surface area is 179 Å². The third-order valence-corrected chi connectivity index (χ3v) is 5.56. The number of thioether (sulfide) groups is 1. The highest BCUT2D eigenvalue weighted by Crippen LogP contribution is 2.35. The first-order valence-corrected chi connectivity index (χ1v) is 10.5. The van der Waals surface area contributed by atoms with Crippen molar-refractivity contribution in [2.75, 3.05) is 13.7 Å². The maximum atomic E-state index is 12.5. The van der Waals surface area contributed by atoms with Crippen molar-refractivity contribution in [2.24, 2.45) is 0 Å². The van der Waals surface area contributed by atoms with Gasteiger partial charge >= 0.3 is 0 Å². The van der Waals surface area contributed by atoms with Crippen LogP contribution in [0.15, 0.2) is 47.4 Å². The van der Waals surface area contributed by atoms with E-state index in [0.717, 1.165) is 35.7 Å². The summed E-state index contributed by atoms with van der Waals surface area (Å²) in [5.74, 6) is 0.907. The zero-order valence-corrected chi connectivity index (χ0v) is 17.9. The molecule has 2 aromatic carbocycles. The Hall–Kier alpha value is -2.44. The Kier molecular flexibility index (Phi) is 7.23. The van der Waals surface area contributed by atoms with E-state index in [2.05, 4.69) is 0 Å². The first kappa shape index (κ1) is 21.3. The van der Waals surface area contributed by atoms with Crippen LogP contribution in [-0.4, -0.2) is 29.7 Å². The van der Waals surface area contributed by atoms with E-state index in [1.807, 2.05) is 37.3 Å². The molecule has 0 aromatic heterocycles. The van der Waals surface area contributed by atoms with Crippen LogP contribution in [0.3, 0.4) is 0 Å². The molecule has 3 rings (SSSR count). The molecule has 0 bridgehead atoms. The zero-order valence-electron chi connectivity index (χ0n) is 16.3. The molecule has 1 aliphatic rings. The molecule has 2 amide bonds. The predicted molar refractivity (Wildman–Crippen MR) is 116 cm³/mol. The SMILES string of the molecule is CCCCN1C(=O)SC(=Cc2ccc(OCc3ccc(Cl)cc3)c(OC)c2)C1=O. The summed E-state index contributed by atoms with van der Waals surface area (Å²) in [6, 6.07) is 12.8. The summed E-state index contributed by atoms with van der Waals surface area (Å²) in [6.45, 7) is 2.86. The molecular formula is C22H22ClNO4S. The summed E-state index contributed by atoms with van der Waals surface area (Å²) in [5, 5.41) is 0.458. The van der Waals surface area contributed by atoms with Crippen LogP contribution in [0, 0.1) is 0 Å². The van der Waals surface area contributed by atoms with Crippen LogP contribution in [0.5, 0.6) is 11.5 Å². The standard InChI is InChI=1S/C22H22ClNO4S/c1-3-4-11-24-21(25)20(29-22(24)26)13-16-7-10-18(19(12-16)27-2)28-14-15-5-8-17(23)9-6-15/h5-10,12-13H,3-4,11,14H2,1-2H3. The van der Waals surface area contributed by atoms with Crippen LogP contribution >= 0.6 is 23.4 Å². The quantitative estimate of drug-likeness (QED) is 0.497. The first-order valence-electron chi connectivity index (χ1n) is 9.32. The smallest absolute Gasteiger partial charge is 0.293 e. The highest BCUT2D eigenvalue weighted by Gasteiger charge is 2.34. The molecule has 0 aliphatic carbocycles. The second kappa shape index (κ2) is 9.85. The number of benzene rings is 2. The van der Waals surface area contributed by atoms with Crippen molar-refractivity contribution >= 4 is 40.6 Å². The van der Waals surface area contributed by atoms with Crippen molar-refractivity contribution in [3.8, 4) is 11.5 Å². The van der Waals surface area contributed by atoms with Crippen LogP contribution in [0.1, 0.15) is 30.9 Å². The molecule has 1 heterocycles. The van der Waals surface area contributed by atoms with E-state index in [-0.39, 0.29) is 11.1 Å². The monoisotopic (exact) mass is 431 g/mol. The molecule has 1 saturated heterocycles. The molecule has 152 valence electrons. The lowest BCUT2D eigenvalue weighted by Gasteiger charge is -2.12. The number of carbonyl (C=O) groups excluding carboxylic acids is 2. The number of rotatable bonds is 8. The van der Waals surface area contributed by atoms with Gasteiger partial charge in [-0.15, -0.1) is 0 Å². The molecule has 0 saturated carbocycles. The fraction of sp³-hybridized carbons (Fsp3) is 0.273. The normalized spacial score (nSPS) is 15.3. The first-order chi connectivity index (χ1) is 14.0. The fourth-order valence-electron chi connectivity index (χ4n) is 2.80. The minimum absolute atomic E-state index is 0.218. The predicted octanol–water partition coefficient (Wildman–Crippen LogP) is 5.76. The Balaban J connectivity index is 1.73. The Morgan fingerprint density at radius 3 is 2.55 bits per heavy atom. The van der Waals surface area contributed by atoms with Gasteiger partial charge in [-0.25, -0.2) is 0 Å². The zero-order chi connectivity index (χ0) is 20.8. The van der Waals surface area contributed by atoms with Crippen LogP contribution < -0.4 is 9.47 Å². The minimum Gasteiger partial charge on any atom is -0.493 e. The molecule has 1 fully saturated rings. The minimum atomic E-state index is -0.240. The molecule has 0 atom stereocenters. The second-order valence-corrected chi connectivity index (χ2v) is 7.94. The number of hydrogen-bond donors (Lipinski definition) is 0. The van der Waals surface area contributed by atoms with Gasteiger partial charge in [0, 0.05) is 11.6 Å². The number of nitrogens with zero attached hydrogens (tertiary/aromatic N) is 1. The lowest BCUT2D eigenvalue weighted by molar-refractivity contribution is -0.122. The number of hydrogen-bond acceptors (Lipinski definition) is 5. The van der Waals surface area contributed by atoms with E-state index in [4.69, 9.17) is 21.1 Å². The summed E-state index contributed by atoms with van der Waals surface area (Å²) in [7, 11) is 1.56. The molecular weight excluding hydrogens is 410 g/mol. The summed E-state index contributed by atoms with van der Waals surface area (Å²) < 4.78 is 11.3. The highest BCUT2D eigenvalue weighted by atomic mass is 35.5. The van der Waals surface area contributed by atoms with Gasteiger partial charge in [-0.2, -0.15) is 0 Å². The van der Waals surface area contributed by atoms with Gasteiger partial charge in [-0.3, -0.25) is 14.5 Å². The number of carbonyl (C=O) groups is 2. The van der Waals surface area contributed by atoms with Crippen molar-refractivity contribution in [3.05, 3.63) is 63.5 Å². The number of imide groups is 1. The van der Waals surface area contributed by atoms with Crippen molar-refractivity contribution < 1.29 is 19.1 Å². The maximum Gasteiger partial charge on any atom is 0.293 e. The molecule has 0 N–H and O–H groups in total. The molecule has 29 heavy (non-hydrogen) atoms. The molecule has 2 aromatic rings. The number of methoxy groups -OCH3 is 1. The fourth-order valence-corrected chi connectivity index (χ4v) is 3.79. The van der Waals surface area contributed by atoms with E-state index in [0.29, 0.717) is 34.6 Å². The highest BCUT2D eigenvalue weighted by molar-refractivity contribution is 8.18. The molecule has 5 nitrogen and oxygen atoms in total. The molecule has 0 radical (unpaired) electrons. The number of ether oxygens (including phenoxy) is 2. The van der Waals surface area contributed by atoms with Gasteiger partial charge in [0.1, 0.15) is 6.61 Å². The summed E-state index contributed by atoms with van der Waals surface area (Å²) >= 11 is 6.87. The summed E-state index contributed by atoms with van der Waals surface area (Å²) in [6.07, 6.45) is 3.44. The van der Waals surface area contributed by atoms with Gasteiger partial charge in [-0.1, -0.05) is 43.1 Å². The number of amides is 2. The lowest BCUT2D eigenvalue weighted by atomic mass is 10.1. The van der Waals surface area contributed by atoms with Gasteiger partial charge < -0.3 is 9.47 Å². The van der Waals surface area contributed by atoms with Crippen molar-refractivity contribution in [3.63, 3.8) is 0 Å². The van der Waals surface area contributed by atoms with Crippen LogP contribution in [0.2, 0.25) is 5.02 Å². The van der Waals surface area contributed by atoms with Crippen molar-refractivity contribution in [1.29, 1.82) is 0 Å². The van der Waals surface area contributed by atoms with Crippen LogP contribution in [-0.2, 0) is 11.4 Å². The van der Waals surface area contributed by atoms with Gasteiger partial charge in [0.2, 0.25) is 0 Å². The van der Waals surface area contributed by atoms with E-state index in [1.54, 1.807) is 25.3 Å². The van der Waals surface area contributed by atoms with E-state index < -0.39 is 0 Å². The molecule has 0 spiro atoms. The Bertz CT molecular complexity index is 927. The van der Waals surface area contributed by atoms with E-state index in [1.165, 1.54) is 4.90 Å². The topological polar surface area (TPSA) is 55.8 Å². The van der Waals surface area contributed by atoms with E-state index in [9.17, 15) is 9.59 Å².